The van der Waals surface area contributed by atoms with Crippen molar-refractivity contribution in [2.24, 2.45) is 13.0 Å². The van der Waals surface area contributed by atoms with E-state index in [0.29, 0.717) is 18.7 Å². The first kappa shape index (κ1) is 22.3. The lowest BCUT2D eigenvalue weighted by Gasteiger charge is -2.40. The maximum absolute atomic E-state index is 14.2. The number of amides is 1. The summed E-state index contributed by atoms with van der Waals surface area (Å²) in [5, 5.41) is 7.60. The number of hydrogen-bond acceptors (Lipinski definition) is 4. The molecule has 0 saturated carbocycles. The highest BCUT2D eigenvalue weighted by molar-refractivity contribution is 6.30. The fourth-order valence-corrected chi connectivity index (χ4v) is 4.50. The second-order valence-electron chi connectivity index (χ2n) is 8.50. The highest BCUT2D eigenvalue weighted by Gasteiger charge is 2.33. The summed E-state index contributed by atoms with van der Waals surface area (Å²) in [4.78, 5) is 19.8. The predicted molar refractivity (Wildman–Crippen MR) is 124 cm³/mol. The van der Waals surface area contributed by atoms with Crippen molar-refractivity contribution < 1.29 is 9.18 Å². The SMILES string of the molecule is Cc1ccc(-c2cnn(C)c2)c(C(=O)N2CCCC(C)C2CNc2ncc(Cl)cc2F)c1. The Labute approximate surface area is 192 Å². The zero-order valence-corrected chi connectivity index (χ0v) is 19.2. The summed E-state index contributed by atoms with van der Waals surface area (Å²) in [6, 6.07) is 7.07. The van der Waals surface area contributed by atoms with Gasteiger partial charge < -0.3 is 10.2 Å². The molecule has 2 atom stereocenters. The van der Waals surface area contributed by atoms with Gasteiger partial charge in [0.25, 0.3) is 5.91 Å². The van der Waals surface area contributed by atoms with Gasteiger partial charge in [-0.15, -0.1) is 0 Å². The van der Waals surface area contributed by atoms with Gasteiger partial charge in [0.15, 0.2) is 11.6 Å². The molecule has 1 amide bonds. The fraction of sp³-hybridized carbons (Fsp3) is 0.375. The van der Waals surface area contributed by atoms with Crippen LogP contribution in [0, 0.1) is 18.7 Å². The van der Waals surface area contributed by atoms with Crippen LogP contribution in [0.5, 0.6) is 0 Å². The first-order chi connectivity index (χ1) is 15.3. The van der Waals surface area contributed by atoms with Gasteiger partial charge >= 0.3 is 0 Å². The van der Waals surface area contributed by atoms with Crippen LogP contribution in [0.15, 0.2) is 42.9 Å². The van der Waals surface area contributed by atoms with Crippen molar-refractivity contribution in [2.45, 2.75) is 32.7 Å². The molecule has 8 heteroatoms. The van der Waals surface area contributed by atoms with Gasteiger partial charge in [-0.25, -0.2) is 9.37 Å². The zero-order valence-electron chi connectivity index (χ0n) is 18.5. The summed E-state index contributed by atoms with van der Waals surface area (Å²) in [6.07, 6.45) is 7.04. The molecule has 168 valence electrons. The Balaban J connectivity index is 1.62. The molecule has 2 aromatic heterocycles. The second-order valence-corrected chi connectivity index (χ2v) is 8.94. The van der Waals surface area contributed by atoms with Crippen LogP contribution in [-0.2, 0) is 7.05 Å². The van der Waals surface area contributed by atoms with Gasteiger partial charge in [-0.05, 0) is 43.4 Å². The number of pyridine rings is 1. The summed E-state index contributed by atoms with van der Waals surface area (Å²) >= 11 is 5.81. The van der Waals surface area contributed by atoms with E-state index in [0.717, 1.165) is 29.5 Å². The van der Waals surface area contributed by atoms with Gasteiger partial charge in [0.05, 0.1) is 17.3 Å². The third-order valence-corrected chi connectivity index (χ3v) is 6.29. The Bertz CT molecular complexity index is 1130. The molecular formula is C24H27ClFN5O. The molecule has 0 spiro atoms. The van der Waals surface area contributed by atoms with Crippen molar-refractivity contribution in [3.05, 3.63) is 64.8 Å². The van der Waals surface area contributed by atoms with Crippen LogP contribution in [0.3, 0.4) is 0 Å². The maximum atomic E-state index is 14.2. The summed E-state index contributed by atoms with van der Waals surface area (Å²) in [6.45, 7) is 5.19. The third kappa shape index (κ3) is 4.63. The second kappa shape index (κ2) is 9.28. The molecule has 0 aliphatic carbocycles. The number of likely N-dealkylation sites (tertiary alicyclic amines) is 1. The van der Waals surface area contributed by atoms with Crippen molar-refractivity contribution in [3.8, 4) is 11.1 Å². The van der Waals surface area contributed by atoms with Crippen LogP contribution in [-0.4, -0.2) is 44.7 Å². The molecule has 0 bridgehead atoms. The maximum Gasteiger partial charge on any atom is 0.254 e. The minimum absolute atomic E-state index is 0.0181. The van der Waals surface area contributed by atoms with E-state index in [1.54, 1.807) is 10.9 Å². The third-order valence-electron chi connectivity index (χ3n) is 6.08. The number of aryl methyl sites for hydroxylation is 2. The van der Waals surface area contributed by atoms with E-state index in [1.807, 2.05) is 43.3 Å². The number of anilines is 1. The molecule has 3 heterocycles. The minimum atomic E-state index is -0.503. The molecule has 1 aromatic carbocycles. The minimum Gasteiger partial charge on any atom is -0.366 e. The van der Waals surface area contributed by atoms with Crippen molar-refractivity contribution in [1.29, 1.82) is 0 Å². The average Bonchev–Trinajstić information content (AvgIpc) is 3.19. The van der Waals surface area contributed by atoms with Gasteiger partial charge in [-0.3, -0.25) is 9.48 Å². The number of aromatic nitrogens is 3. The number of nitrogens with zero attached hydrogens (tertiary/aromatic N) is 4. The van der Waals surface area contributed by atoms with Crippen molar-refractivity contribution in [1.82, 2.24) is 19.7 Å². The summed E-state index contributed by atoms with van der Waals surface area (Å²) in [5.41, 5.74) is 3.45. The van der Waals surface area contributed by atoms with E-state index in [2.05, 4.69) is 22.3 Å². The van der Waals surface area contributed by atoms with Crippen LogP contribution in [0.2, 0.25) is 5.02 Å². The Kier molecular flexibility index (Phi) is 6.46. The predicted octanol–water partition coefficient (Wildman–Crippen LogP) is 4.94. The van der Waals surface area contributed by atoms with Gasteiger partial charge in [-0.2, -0.15) is 5.10 Å². The molecule has 1 aliphatic heterocycles. The van der Waals surface area contributed by atoms with E-state index in [4.69, 9.17) is 11.6 Å². The molecule has 1 aliphatic rings. The van der Waals surface area contributed by atoms with Crippen molar-refractivity contribution >= 4 is 23.3 Å². The summed E-state index contributed by atoms with van der Waals surface area (Å²) < 4.78 is 15.9. The number of piperidine rings is 1. The molecule has 6 nitrogen and oxygen atoms in total. The highest BCUT2D eigenvalue weighted by Crippen LogP contribution is 2.30. The standard InChI is InChI=1S/C24H27ClFN5O/c1-15-6-7-19(17-11-29-30(3)14-17)20(9-15)24(32)31-8-4-5-16(2)22(31)13-28-23-21(26)10-18(25)12-27-23/h6-7,9-12,14,16,22H,4-5,8,13H2,1-3H3,(H,27,28). The molecule has 32 heavy (non-hydrogen) atoms. The molecule has 2 unspecified atom stereocenters. The van der Waals surface area contributed by atoms with Crippen LogP contribution in [0.1, 0.15) is 35.7 Å². The molecule has 0 radical (unpaired) electrons. The van der Waals surface area contributed by atoms with Crippen molar-refractivity contribution in [2.75, 3.05) is 18.4 Å². The first-order valence-corrected chi connectivity index (χ1v) is 11.2. The normalized spacial score (nSPS) is 18.6. The summed E-state index contributed by atoms with van der Waals surface area (Å²) in [7, 11) is 1.86. The monoisotopic (exact) mass is 455 g/mol. The fourth-order valence-electron chi connectivity index (χ4n) is 4.36. The lowest BCUT2D eigenvalue weighted by atomic mass is 9.89. The lowest BCUT2D eigenvalue weighted by Crippen LogP contribution is -2.51. The Morgan fingerprint density at radius 1 is 1.31 bits per heavy atom. The van der Waals surface area contributed by atoms with Crippen LogP contribution in [0.25, 0.3) is 11.1 Å². The van der Waals surface area contributed by atoms with E-state index in [-0.39, 0.29) is 28.7 Å². The largest absolute Gasteiger partial charge is 0.366 e. The molecule has 1 saturated heterocycles. The number of rotatable bonds is 5. The molecule has 3 aromatic rings. The summed E-state index contributed by atoms with van der Waals surface area (Å²) in [5.74, 6) is -0.111. The molecule has 4 rings (SSSR count). The Hall–Kier alpha value is -2.93. The van der Waals surface area contributed by atoms with E-state index in [1.165, 1.54) is 12.3 Å². The molecular weight excluding hydrogens is 429 g/mol. The number of hydrogen-bond donors (Lipinski definition) is 1. The van der Waals surface area contributed by atoms with Gasteiger partial charge in [0.2, 0.25) is 0 Å². The number of carbonyl (C=O) groups excluding carboxylic acids is 1. The van der Waals surface area contributed by atoms with Gasteiger partial charge in [-0.1, -0.05) is 36.2 Å². The zero-order chi connectivity index (χ0) is 22.8. The number of benzene rings is 1. The highest BCUT2D eigenvalue weighted by atomic mass is 35.5. The number of nitrogens with one attached hydrogen (secondary N) is 1. The van der Waals surface area contributed by atoms with Crippen LogP contribution >= 0.6 is 11.6 Å². The van der Waals surface area contributed by atoms with Gasteiger partial charge in [0, 0.05) is 43.7 Å². The quantitative estimate of drug-likeness (QED) is 0.592. The smallest absolute Gasteiger partial charge is 0.254 e. The van der Waals surface area contributed by atoms with E-state index < -0.39 is 5.82 Å². The topological polar surface area (TPSA) is 63.1 Å². The van der Waals surface area contributed by atoms with Gasteiger partial charge in [0.1, 0.15) is 0 Å². The number of carbonyl (C=O) groups is 1. The lowest BCUT2D eigenvalue weighted by molar-refractivity contribution is 0.0540. The van der Waals surface area contributed by atoms with Crippen molar-refractivity contribution in [3.63, 3.8) is 0 Å². The van der Waals surface area contributed by atoms with E-state index >= 15 is 0 Å². The van der Waals surface area contributed by atoms with E-state index in [9.17, 15) is 9.18 Å². The molecule has 1 N–H and O–H groups in total. The van der Waals surface area contributed by atoms with Crippen LogP contribution < -0.4 is 5.32 Å². The Morgan fingerprint density at radius 2 is 2.12 bits per heavy atom. The first-order valence-electron chi connectivity index (χ1n) is 10.8. The van der Waals surface area contributed by atoms with Crippen LogP contribution in [0.4, 0.5) is 10.2 Å². The molecule has 1 fully saturated rings. The average molecular weight is 456 g/mol. The number of halogens is 2. The Morgan fingerprint density at radius 3 is 2.84 bits per heavy atom.